The molecule has 0 aromatic heterocycles. The fourth-order valence-electron chi connectivity index (χ4n) is 4.65. The maximum atomic E-state index is 12.9. The smallest absolute Gasteiger partial charge is 0.416 e. The normalized spacial score (nSPS) is 11.3. The van der Waals surface area contributed by atoms with Gasteiger partial charge in [-0.25, -0.2) is 0 Å². The molecule has 3 aromatic rings. The number of halogens is 3. The molecule has 214 valence electrons. The Morgan fingerprint density at radius 1 is 0.850 bits per heavy atom. The summed E-state index contributed by atoms with van der Waals surface area (Å²) in [4.78, 5) is 22.6. The summed E-state index contributed by atoms with van der Waals surface area (Å²) in [7, 11) is 0. The number of carbonyl (C=O) groups is 2. The predicted octanol–water partition coefficient (Wildman–Crippen LogP) is 7.77. The zero-order valence-corrected chi connectivity index (χ0v) is 22.9. The summed E-state index contributed by atoms with van der Waals surface area (Å²) in [6, 6.07) is 16.5. The number of carboxylic acids is 1. The van der Waals surface area contributed by atoms with Crippen LogP contribution >= 0.6 is 0 Å². The second kappa shape index (κ2) is 14.5. The van der Waals surface area contributed by atoms with Gasteiger partial charge >= 0.3 is 12.1 Å². The fourth-order valence-corrected chi connectivity index (χ4v) is 4.65. The Morgan fingerprint density at radius 2 is 1.45 bits per heavy atom. The van der Waals surface area contributed by atoms with Crippen LogP contribution in [0.4, 0.5) is 13.2 Å². The molecule has 0 aliphatic carbocycles. The van der Waals surface area contributed by atoms with E-state index in [4.69, 9.17) is 9.84 Å². The Bertz CT molecular complexity index is 1250. The van der Waals surface area contributed by atoms with E-state index in [1.54, 1.807) is 12.1 Å². The van der Waals surface area contributed by atoms with Gasteiger partial charge in [0.15, 0.2) is 0 Å². The quantitative estimate of drug-likeness (QED) is 0.199. The number of hydrogen-bond donors (Lipinski definition) is 2. The summed E-state index contributed by atoms with van der Waals surface area (Å²) in [6.45, 7) is 4.60. The molecule has 0 spiro atoms. The van der Waals surface area contributed by atoms with Crippen LogP contribution in [0.2, 0.25) is 0 Å². The molecule has 0 saturated carbocycles. The molecule has 8 heteroatoms. The first-order valence-corrected chi connectivity index (χ1v) is 13.5. The number of carboxylic acid groups (broad SMARTS) is 1. The van der Waals surface area contributed by atoms with E-state index in [2.05, 4.69) is 5.32 Å². The first-order valence-electron chi connectivity index (χ1n) is 13.5. The van der Waals surface area contributed by atoms with E-state index in [9.17, 15) is 22.8 Å². The van der Waals surface area contributed by atoms with E-state index in [0.29, 0.717) is 12.2 Å². The van der Waals surface area contributed by atoms with E-state index in [-0.39, 0.29) is 18.9 Å². The van der Waals surface area contributed by atoms with Crippen molar-refractivity contribution in [2.45, 2.75) is 65.0 Å². The largest absolute Gasteiger partial charge is 0.494 e. The second-order valence-corrected chi connectivity index (χ2v) is 9.97. The molecule has 0 unspecified atom stereocenters. The third-order valence-electron chi connectivity index (χ3n) is 6.73. The monoisotopic (exact) mass is 555 g/mol. The fraction of sp³-hybridized carbons (Fsp3) is 0.375. The van der Waals surface area contributed by atoms with Crippen molar-refractivity contribution in [1.29, 1.82) is 0 Å². The number of nitrogens with one attached hydrogen (secondary N) is 1. The number of aryl methyl sites for hydroxylation is 3. The lowest BCUT2D eigenvalue weighted by Gasteiger charge is -2.15. The van der Waals surface area contributed by atoms with Gasteiger partial charge in [0.2, 0.25) is 0 Å². The number of rotatable bonds is 14. The lowest BCUT2D eigenvalue weighted by molar-refractivity contribution is -0.138. The summed E-state index contributed by atoms with van der Waals surface area (Å²) >= 11 is 0. The van der Waals surface area contributed by atoms with Crippen molar-refractivity contribution in [3.8, 4) is 16.9 Å². The zero-order valence-electron chi connectivity index (χ0n) is 22.9. The third kappa shape index (κ3) is 9.43. The molecule has 0 aliphatic heterocycles. The molecule has 40 heavy (non-hydrogen) atoms. The summed E-state index contributed by atoms with van der Waals surface area (Å²) in [6.07, 6.45) is 1.71. The van der Waals surface area contributed by atoms with Crippen LogP contribution in [0.25, 0.3) is 11.1 Å². The molecular weight excluding hydrogens is 519 g/mol. The number of hydrogen-bond acceptors (Lipinski definition) is 3. The van der Waals surface area contributed by atoms with Gasteiger partial charge in [-0.05, 0) is 97.3 Å². The minimum Gasteiger partial charge on any atom is -0.494 e. The first kappa shape index (κ1) is 30.7. The molecule has 0 radical (unpaired) electrons. The molecule has 1 amide bonds. The van der Waals surface area contributed by atoms with Crippen molar-refractivity contribution in [2.24, 2.45) is 0 Å². The van der Waals surface area contributed by atoms with Crippen LogP contribution in [-0.2, 0) is 17.4 Å². The van der Waals surface area contributed by atoms with Crippen molar-refractivity contribution in [2.75, 3.05) is 13.2 Å². The first-order chi connectivity index (χ1) is 19.0. The highest BCUT2D eigenvalue weighted by atomic mass is 19.4. The number of benzene rings is 3. The molecule has 5 nitrogen and oxygen atoms in total. The Morgan fingerprint density at radius 3 is 2.05 bits per heavy atom. The van der Waals surface area contributed by atoms with E-state index < -0.39 is 17.7 Å². The van der Waals surface area contributed by atoms with E-state index >= 15 is 0 Å². The highest BCUT2D eigenvalue weighted by Gasteiger charge is 2.30. The highest BCUT2D eigenvalue weighted by Crippen LogP contribution is 2.34. The second-order valence-electron chi connectivity index (χ2n) is 9.97. The molecule has 3 rings (SSSR count). The SMILES string of the molecule is Cc1cc(OCCCCCCCc2ccc(C(=O)NCCC(=O)O)cc2)cc(C)c1-c1ccc(C(F)(F)F)cc1. The van der Waals surface area contributed by atoms with Gasteiger partial charge in [0.05, 0.1) is 18.6 Å². The summed E-state index contributed by atoms with van der Waals surface area (Å²) in [5.74, 6) is -0.444. The van der Waals surface area contributed by atoms with E-state index in [0.717, 1.165) is 84.2 Å². The van der Waals surface area contributed by atoms with Crippen LogP contribution in [0, 0.1) is 13.8 Å². The Balaban J connectivity index is 1.34. The average molecular weight is 556 g/mol. The standard InChI is InChI=1S/C32H36F3NO4/c1-22-20-28(21-23(2)30(22)25-13-15-27(16-14-25)32(33,34)35)40-19-7-5-3-4-6-8-24-9-11-26(12-10-24)31(39)36-18-17-29(37)38/h9-16,20-21H,3-8,17-19H2,1-2H3,(H,36,39)(H,37,38). The van der Waals surface area contributed by atoms with Crippen LogP contribution < -0.4 is 10.1 Å². The third-order valence-corrected chi connectivity index (χ3v) is 6.73. The number of unbranched alkanes of at least 4 members (excludes halogenated alkanes) is 4. The lowest BCUT2D eigenvalue weighted by Crippen LogP contribution is -2.25. The van der Waals surface area contributed by atoms with Gasteiger partial charge < -0.3 is 15.2 Å². The Labute approximate surface area is 233 Å². The molecule has 3 aromatic carbocycles. The van der Waals surface area contributed by atoms with Gasteiger partial charge in [-0.2, -0.15) is 13.2 Å². The molecule has 0 aliphatic rings. The van der Waals surface area contributed by atoms with E-state index in [1.807, 2.05) is 38.1 Å². The van der Waals surface area contributed by atoms with Crippen molar-refractivity contribution in [3.63, 3.8) is 0 Å². The summed E-state index contributed by atoms with van der Waals surface area (Å²) in [5.41, 5.74) is 4.63. The van der Waals surface area contributed by atoms with Gasteiger partial charge in [0, 0.05) is 12.1 Å². The van der Waals surface area contributed by atoms with Gasteiger partial charge in [-0.1, -0.05) is 43.5 Å². The van der Waals surface area contributed by atoms with Crippen molar-refractivity contribution >= 4 is 11.9 Å². The lowest BCUT2D eigenvalue weighted by atomic mass is 9.94. The molecular formula is C32H36F3NO4. The average Bonchev–Trinajstić information content (AvgIpc) is 2.89. The van der Waals surface area contributed by atoms with Crippen LogP contribution in [0.3, 0.4) is 0 Å². The van der Waals surface area contributed by atoms with Gasteiger partial charge in [0.25, 0.3) is 5.91 Å². The van der Waals surface area contributed by atoms with Crippen LogP contribution in [-0.4, -0.2) is 30.1 Å². The van der Waals surface area contributed by atoms with Crippen molar-refractivity contribution in [1.82, 2.24) is 5.32 Å². The predicted molar refractivity (Wildman–Crippen MR) is 150 cm³/mol. The minimum absolute atomic E-state index is 0.100. The van der Waals surface area contributed by atoms with Crippen molar-refractivity contribution < 1.29 is 32.6 Å². The summed E-state index contributed by atoms with van der Waals surface area (Å²) < 4.78 is 44.6. The zero-order chi connectivity index (χ0) is 29.1. The van der Waals surface area contributed by atoms with Gasteiger partial charge in [-0.3, -0.25) is 9.59 Å². The maximum Gasteiger partial charge on any atom is 0.416 e. The Kier molecular flexibility index (Phi) is 11.2. The number of carbonyl (C=O) groups excluding carboxylic acids is 1. The molecule has 0 bridgehead atoms. The van der Waals surface area contributed by atoms with Gasteiger partial charge in [0.1, 0.15) is 5.75 Å². The molecule has 0 saturated heterocycles. The molecule has 0 heterocycles. The van der Waals surface area contributed by atoms with Gasteiger partial charge in [-0.15, -0.1) is 0 Å². The minimum atomic E-state index is -4.35. The van der Waals surface area contributed by atoms with Crippen LogP contribution in [0.1, 0.15) is 71.1 Å². The van der Waals surface area contributed by atoms with Crippen molar-refractivity contribution in [3.05, 3.63) is 88.5 Å². The number of alkyl halides is 3. The molecule has 0 atom stereocenters. The maximum absolute atomic E-state index is 12.9. The number of aliphatic carboxylic acids is 1. The number of amides is 1. The molecule has 0 fully saturated rings. The van der Waals surface area contributed by atoms with Crippen LogP contribution in [0.5, 0.6) is 5.75 Å². The Hall–Kier alpha value is -3.81. The van der Waals surface area contributed by atoms with E-state index in [1.165, 1.54) is 12.1 Å². The van der Waals surface area contributed by atoms with Crippen LogP contribution in [0.15, 0.2) is 60.7 Å². The molecule has 2 N–H and O–H groups in total. The summed E-state index contributed by atoms with van der Waals surface area (Å²) in [5, 5.41) is 11.2. The topological polar surface area (TPSA) is 75.6 Å². The number of ether oxygens (including phenoxy) is 1. The highest BCUT2D eigenvalue weighted by molar-refractivity contribution is 5.94.